The number of fused-ring (bicyclic) bond motifs is 1. The van der Waals surface area contributed by atoms with E-state index in [0.717, 1.165) is 80.3 Å². The normalized spacial score (nSPS) is 18.1. The van der Waals surface area contributed by atoms with E-state index < -0.39 is 5.97 Å². The van der Waals surface area contributed by atoms with E-state index in [9.17, 15) is 9.59 Å². The van der Waals surface area contributed by atoms with E-state index >= 15 is 0 Å². The van der Waals surface area contributed by atoms with Crippen molar-refractivity contribution in [1.82, 2.24) is 24.3 Å². The number of carbonyl (C=O) groups is 2. The van der Waals surface area contributed by atoms with Crippen molar-refractivity contribution in [3.63, 3.8) is 0 Å². The Labute approximate surface area is 221 Å². The van der Waals surface area contributed by atoms with Gasteiger partial charge in [0.2, 0.25) is 5.91 Å². The monoisotopic (exact) mass is 527 g/mol. The summed E-state index contributed by atoms with van der Waals surface area (Å²) in [7, 11) is 0. The number of aromatic amines is 1. The van der Waals surface area contributed by atoms with Crippen LogP contribution in [0.4, 0.5) is 0 Å². The Morgan fingerprint density at radius 3 is 2.58 bits per heavy atom. The van der Waals surface area contributed by atoms with Crippen molar-refractivity contribution in [2.75, 3.05) is 31.9 Å². The number of nitrogens with zero attached hydrogens (tertiary/aromatic N) is 4. The molecular formula is C26H33N5O3S2. The zero-order valence-corrected chi connectivity index (χ0v) is 22.3. The number of amides is 1. The molecule has 192 valence electrons. The number of thiol groups is 1. The number of likely N-dealkylation sites (tertiary alicyclic amines) is 2. The van der Waals surface area contributed by atoms with Gasteiger partial charge in [0.1, 0.15) is 0 Å². The molecule has 0 atom stereocenters. The predicted molar refractivity (Wildman–Crippen MR) is 144 cm³/mol. The Balaban J connectivity index is 1.21. The van der Waals surface area contributed by atoms with Crippen molar-refractivity contribution in [2.45, 2.75) is 50.4 Å². The smallest absolute Gasteiger partial charge is 0.350 e. The van der Waals surface area contributed by atoms with Crippen LogP contribution in [-0.4, -0.2) is 68.1 Å². The van der Waals surface area contributed by atoms with Gasteiger partial charge in [0, 0.05) is 56.9 Å². The van der Waals surface area contributed by atoms with Crippen LogP contribution in [0.2, 0.25) is 0 Å². The molecule has 3 aromatic rings. The van der Waals surface area contributed by atoms with Crippen LogP contribution in [0.1, 0.15) is 54.6 Å². The van der Waals surface area contributed by atoms with Crippen LogP contribution < -0.4 is 0 Å². The van der Waals surface area contributed by atoms with Gasteiger partial charge < -0.3 is 18.6 Å². The Hall–Kier alpha value is -2.43. The molecule has 1 amide bonds. The highest BCUT2D eigenvalue weighted by molar-refractivity contribution is 7.99. The van der Waals surface area contributed by atoms with Crippen LogP contribution in [0.25, 0.3) is 11.0 Å². The van der Waals surface area contributed by atoms with Crippen molar-refractivity contribution in [3.05, 3.63) is 47.8 Å². The molecule has 1 aromatic carbocycles. The van der Waals surface area contributed by atoms with E-state index in [4.69, 9.17) is 4.98 Å². The van der Waals surface area contributed by atoms with Gasteiger partial charge in [-0.3, -0.25) is 9.69 Å². The number of imidazole rings is 1. The molecule has 1 N–H and O–H groups in total. The lowest BCUT2D eigenvalue weighted by atomic mass is 9.93. The summed E-state index contributed by atoms with van der Waals surface area (Å²) in [6, 6.07) is 7.87. The molecule has 8 nitrogen and oxygen atoms in total. The number of carbonyl (C=O) groups excluding carboxylic acids is 2. The summed E-state index contributed by atoms with van der Waals surface area (Å²) in [5, 5.41) is 0.962. The highest BCUT2D eigenvalue weighted by atomic mass is 32.2. The SMILES string of the molecule is CCSc1nc2cc(C(=O)OS)ccc2n1C1CCN(C(=O)C2CCN(Cc3cc[nH]c3)CC2)CC1. The maximum absolute atomic E-state index is 13.3. The largest absolute Gasteiger partial charge is 0.391 e. The minimum Gasteiger partial charge on any atom is -0.391 e. The van der Waals surface area contributed by atoms with E-state index in [2.05, 4.69) is 49.4 Å². The second kappa shape index (κ2) is 11.3. The molecule has 10 heteroatoms. The Morgan fingerprint density at radius 2 is 1.92 bits per heavy atom. The summed E-state index contributed by atoms with van der Waals surface area (Å²) >= 11 is 5.34. The van der Waals surface area contributed by atoms with Crippen molar-refractivity contribution in [2.24, 2.45) is 5.92 Å². The number of benzene rings is 1. The lowest BCUT2D eigenvalue weighted by Gasteiger charge is -2.38. The van der Waals surface area contributed by atoms with Crippen molar-refractivity contribution < 1.29 is 13.8 Å². The number of piperidine rings is 2. The summed E-state index contributed by atoms with van der Waals surface area (Å²) in [6.07, 6.45) is 7.68. The molecule has 4 heterocycles. The summed E-state index contributed by atoms with van der Waals surface area (Å²) < 4.78 is 6.88. The minimum atomic E-state index is -0.485. The number of rotatable bonds is 7. The number of nitrogens with one attached hydrogen (secondary N) is 1. The van der Waals surface area contributed by atoms with Crippen LogP contribution in [0.15, 0.2) is 41.8 Å². The van der Waals surface area contributed by atoms with Crippen LogP contribution in [0.5, 0.6) is 0 Å². The molecule has 5 rings (SSSR count). The van der Waals surface area contributed by atoms with Gasteiger partial charge in [-0.1, -0.05) is 18.7 Å². The molecule has 36 heavy (non-hydrogen) atoms. The molecule has 2 fully saturated rings. The third kappa shape index (κ3) is 5.31. The second-order valence-corrected chi connectivity index (χ2v) is 11.0. The first kappa shape index (κ1) is 25.2. The topological polar surface area (TPSA) is 83.5 Å². The molecule has 0 bridgehead atoms. The van der Waals surface area contributed by atoms with Gasteiger partial charge in [0.05, 0.1) is 16.6 Å². The lowest BCUT2D eigenvalue weighted by molar-refractivity contribution is -0.138. The fraction of sp³-hybridized carbons (Fsp3) is 0.500. The zero-order chi connectivity index (χ0) is 25.1. The number of aromatic nitrogens is 3. The maximum atomic E-state index is 13.3. The predicted octanol–water partition coefficient (Wildman–Crippen LogP) is 4.55. The average molecular weight is 528 g/mol. The summed E-state index contributed by atoms with van der Waals surface area (Å²) in [5.41, 5.74) is 3.54. The number of hydrogen-bond donors (Lipinski definition) is 2. The molecule has 0 saturated carbocycles. The molecule has 0 spiro atoms. The highest BCUT2D eigenvalue weighted by Crippen LogP contribution is 2.34. The third-order valence-electron chi connectivity index (χ3n) is 7.40. The van der Waals surface area contributed by atoms with E-state index in [-0.39, 0.29) is 12.0 Å². The lowest BCUT2D eigenvalue weighted by Crippen LogP contribution is -2.45. The van der Waals surface area contributed by atoms with Gasteiger partial charge in [-0.15, -0.1) is 0 Å². The van der Waals surface area contributed by atoms with E-state index in [1.165, 1.54) is 5.56 Å². The van der Waals surface area contributed by atoms with E-state index in [1.807, 2.05) is 18.5 Å². The van der Waals surface area contributed by atoms with Gasteiger partial charge in [-0.25, -0.2) is 9.78 Å². The fourth-order valence-corrected chi connectivity index (χ4v) is 6.41. The highest BCUT2D eigenvalue weighted by Gasteiger charge is 2.32. The molecule has 2 saturated heterocycles. The first-order chi connectivity index (χ1) is 17.6. The molecule has 2 aromatic heterocycles. The quantitative estimate of drug-likeness (QED) is 0.266. The number of thioether (sulfide) groups is 1. The van der Waals surface area contributed by atoms with Crippen molar-refractivity contribution in [1.29, 1.82) is 0 Å². The molecule has 0 radical (unpaired) electrons. The Bertz CT molecular complexity index is 1200. The zero-order valence-electron chi connectivity index (χ0n) is 20.6. The van der Waals surface area contributed by atoms with E-state index in [0.29, 0.717) is 11.5 Å². The fourth-order valence-electron chi connectivity index (χ4n) is 5.50. The summed E-state index contributed by atoms with van der Waals surface area (Å²) in [6.45, 7) is 6.55. The molecule has 0 unspecified atom stereocenters. The third-order valence-corrected chi connectivity index (χ3v) is 8.40. The van der Waals surface area contributed by atoms with Crippen LogP contribution in [0, 0.1) is 5.92 Å². The first-order valence-electron chi connectivity index (χ1n) is 12.7. The number of H-pyrrole nitrogens is 1. The first-order valence-corrected chi connectivity index (χ1v) is 14.1. The Morgan fingerprint density at radius 1 is 1.14 bits per heavy atom. The molecule has 2 aliphatic heterocycles. The number of hydrogen-bond acceptors (Lipinski definition) is 7. The van der Waals surface area contributed by atoms with Gasteiger partial charge in [0.15, 0.2) is 5.16 Å². The van der Waals surface area contributed by atoms with Crippen molar-refractivity contribution in [3.8, 4) is 0 Å². The van der Waals surface area contributed by atoms with Gasteiger partial charge >= 0.3 is 5.97 Å². The standard InChI is InChI=1S/C26H33N5O3S2/c1-2-36-26-28-22-15-20(25(33)34-35)3-4-23(22)31(26)21-8-13-30(14-9-21)24(32)19-6-11-29(12-7-19)17-18-5-10-27-16-18/h3-5,10,15-16,19,21,27,35H,2,6-9,11-14,17H2,1H3. The van der Waals surface area contributed by atoms with Gasteiger partial charge in [-0.05, 0) is 74.4 Å². The van der Waals surface area contributed by atoms with Crippen LogP contribution >= 0.6 is 24.7 Å². The maximum Gasteiger partial charge on any atom is 0.350 e. The Kier molecular flexibility index (Phi) is 7.93. The summed E-state index contributed by atoms with van der Waals surface area (Å²) in [4.78, 5) is 37.7. The average Bonchev–Trinajstić information content (AvgIpc) is 3.55. The van der Waals surface area contributed by atoms with Gasteiger partial charge in [-0.2, -0.15) is 0 Å². The molecule has 0 aliphatic carbocycles. The molecular weight excluding hydrogens is 494 g/mol. The van der Waals surface area contributed by atoms with Crippen molar-refractivity contribution >= 4 is 47.6 Å². The van der Waals surface area contributed by atoms with E-state index in [1.54, 1.807) is 23.9 Å². The minimum absolute atomic E-state index is 0.134. The van der Waals surface area contributed by atoms with Crippen LogP contribution in [-0.2, 0) is 15.5 Å². The summed E-state index contributed by atoms with van der Waals surface area (Å²) in [5.74, 6) is 0.883. The van der Waals surface area contributed by atoms with Gasteiger partial charge in [0.25, 0.3) is 0 Å². The second-order valence-electron chi connectivity index (χ2n) is 9.61. The molecule has 2 aliphatic rings. The van der Waals surface area contributed by atoms with Crippen LogP contribution in [0.3, 0.4) is 0 Å².